The van der Waals surface area contributed by atoms with Gasteiger partial charge in [0.2, 0.25) is 0 Å². The molecule has 1 heterocycles. The van der Waals surface area contributed by atoms with Crippen molar-refractivity contribution in [2.75, 3.05) is 12.8 Å². The van der Waals surface area contributed by atoms with Crippen molar-refractivity contribution in [2.45, 2.75) is 58.0 Å². The summed E-state index contributed by atoms with van der Waals surface area (Å²) in [4.78, 5) is 9.11. The second-order valence-corrected chi connectivity index (χ2v) is 5.26. The van der Waals surface area contributed by atoms with Crippen molar-refractivity contribution in [2.24, 2.45) is 0 Å². The lowest BCUT2D eigenvalue weighted by molar-refractivity contribution is -0.0351. The molecule has 1 aromatic rings. The van der Waals surface area contributed by atoms with E-state index in [1.807, 2.05) is 13.8 Å². The van der Waals surface area contributed by atoms with Gasteiger partial charge >= 0.3 is 0 Å². The first-order chi connectivity index (χ1) is 8.59. The zero-order valence-corrected chi connectivity index (χ0v) is 11.6. The molecule has 0 unspecified atom stereocenters. The molecule has 0 aromatic carbocycles. The maximum Gasteiger partial charge on any atom is 0.162 e. The Morgan fingerprint density at radius 3 is 2.17 bits per heavy atom. The molecule has 2 N–H and O–H groups in total. The molecule has 100 valence electrons. The predicted molar refractivity (Wildman–Crippen MR) is 72.3 cm³/mol. The van der Waals surface area contributed by atoms with Crippen molar-refractivity contribution < 1.29 is 4.74 Å². The molecule has 4 nitrogen and oxygen atoms in total. The molecule has 1 aromatic heterocycles. The van der Waals surface area contributed by atoms with Gasteiger partial charge in [-0.05, 0) is 26.7 Å². The molecule has 0 spiro atoms. The molecule has 0 atom stereocenters. The summed E-state index contributed by atoms with van der Waals surface area (Å²) >= 11 is 0. The molecule has 0 amide bonds. The number of hydrogen-bond acceptors (Lipinski definition) is 4. The van der Waals surface area contributed by atoms with E-state index in [-0.39, 0.29) is 5.60 Å². The lowest BCUT2D eigenvalue weighted by Crippen LogP contribution is -2.31. The molecule has 0 aliphatic heterocycles. The molecule has 1 aliphatic carbocycles. The Kier molecular flexibility index (Phi) is 3.85. The van der Waals surface area contributed by atoms with E-state index < -0.39 is 0 Å². The van der Waals surface area contributed by atoms with Crippen molar-refractivity contribution in [3.8, 4) is 0 Å². The van der Waals surface area contributed by atoms with E-state index in [0.29, 0.717) is 5.82 Å². The third-order valence-electron chi connectivity index (χ3n) is 4.14. The van der Waals surface area contributed by atoms with Crippen LogP contribution in [0.1, 0.15) is 55.6 Å². The summed E-state index contributed by atoms with van der Waals surface area (Å²) in [5, 5.41) is 0. The average Bonchev–Trinajstić information content (AvgIpc) is 2.61. The Balaban J connectivity index is 2.43. The molecule has 2 rings (SSSR count). The molecule has 4 heteroatoms. The number of ether oxygens (including phenoxy) is 1. The fourth-order valence-electron chi connectivity index (χ4n) is 2.67. The van der Waals surface area contributed by atoms with Crippen molar-refractivity contribution in [1.82, 2.24) is 9.97 Å². The van der Waals surface area contributed by atoms with E-state index in [2.05, 4.69) is 9.97 Å². The first-order valence-electron chi connectivity index (χ1n) is 6.75. The third kappa shape index (κ3) is 2.34. The Bertz CT molecular complexity index is 400. The van der Waals surface area contributed by atoms with Crippen LogP contribution in [0.2, 0.25) is 0 Å². The van der Waals surface area contributed by atoms with Crippen LogP contribution >= 0.6 is 0 Å². The minimum Gasteiger partial charge on any atom is -0.383 e. The number of nitrogen functional groups attached to an aromatic ring is 1. The Morgan fingerprint density at radius 1 is 1.06 bits per heavy atom. The highest BCUT2D eigenvalue weighted by molar-refractivity contribution is 5.41. The van der Waals surface area contributed by atoms with E-state index in [1.54, 1.807) is 7.11 Å². The summed E-state index contributed by atoms with van der Waals surface area (Å²) in [6.45, 7) is 3.94. The highest BCUT2D eigenvalue weighted by atomic mass is 16.5. The summed E-state index contributed by atoms with van der Waals surface area (Å²) in [6, 6.07) is 0. The predicted octanol–water partition coefficient (Wildman–Crippen LogP) is 2.87. The number of aryl methyl sites for hydroxylation is 1. The lowest BCUT2D eigenvalue weighted by Gasteiger charge is -2.30. The van der Waals surface area contributed by atoms with Crippen LogP contribution in [0, 0.1) is 13.8 Å². The molecule has 0 bridgehead atoms. The van der Waals surface area contributed by atoms with Gasteiger partial charge in [0.05, 0.1) is 0 Å². The Morgan fingerprint density at radius 2 is 1.67 bits per heavy atom. The van der Waals surface area contributed by atoms with Gasteiger partial charge in [-0.2, -0.15) is 0 Å². The normalized spacial score (nSPS) is 19.5. The van der Waals surface area contributed by atoms with Crippen LogP contribution in [0.3, 0.4) is 0 Å². The van der Waals surface area contributed by atoms with Crippen LogP contribution in [0.5, 0.6) is 0 Å². The first-order valence-corrected chi connectivity index (χ1v) is 6.75. The summed E-state index contributed by atoms with van der Waals surface area (Å²) in [5.41, 5.74) is 7.57. The largest absolute Gasteiger partial charge is 0.383 e. The molecular weight excluding hydrogens is 226 g/mol. The smallest absolute Gasteiger partial charge is 0.162 e. The fraction of sp³-hybridized carbons (Fsp3) is 0.714. The number of anilines is 1. The monoisotopic (exact) mass is 249 g/mol. The highest BCUT2D eigenvalue weighted by Gasteiger charge is 2.36. The topological polar surface area (TPSA) is 61.0 Å². The number of methoxy groups -OCH3 is 1. The maximum absolute atomic E-state index is 5.97. The summed E-state index contributed by atoms with van der Waals surface area (Å²) < 4.78 is 5.81. The molecule has 18 heavy (non-hydrogen) atoms. The zero-order chi connectivity index (χ0) is 13.2. The van der Waals surface area contributed by atoms with E-state index in [1.165, 1.54) is 25.7 Å². The van der Waals surface area contributed by atoms with Gasteiger partial charge in [-0.25, -0.2) is 9.97 Å². The van der Waals surface area contributed by atoms with Gasteiger partial charge in [0, 0.05) is 18.4 Å². The van der Waals surface area contributed by atoms with E-state index >= 15 is 0 Å². The zero-order valence-electron chi connectivity index (χ0n) is 11.6. The molecule has 0 saturated heterocycles. The molecule has 1 aliphatic rings. The number of aromatic nitrogens is 2. The Labute approximate surface area is 109 Å². The van der Waals surface area contributed by atoms with E-state index in [9.17, 15) is 0 Å². The van der Waals surface area contributed by atoms with Crippen LogP contribution in [0.25, 0.3) is 0 Å². The van der Waals surface area contributed by atoms with Gasteiger partial charge in [0.25, 0.3) is 0 Å². The first kappa shape index (κ1) is 13.3. The number of rotatable bonds is 2. The quantitative estimate of drug-likeness (QED) is 0.819. The molecular formula is C14H23N3O. The lowest BCUT2D eigenvalue weighted by atomic mass is 9.93. The second kappa shape index (κ2) is 5.22. The number of nitrogens with zero attached hydrogens (tertiary/aromatic N) is 2. The second-order valence-electron chi connectivity index (χ2n) is 5.26. The van der Waals surface area contributed by atoms with Crippen molar-refractivity contribution in [3.63, 3.8) is 0 Å². The molecule has 0 radical (unpaired) electrons. The maximum atomic E-state index is 5.97. The van der Waals surface area contributed by atoms with Gasteiger partial charge in [-0.3, -0.25) is 0 Å². The third-order valence-corrected chi connectivity index (χ3v) is 4.14. The molecule has 1 saturated carbocycles. The van der Waals surface area contributed by atoms with Crippen molar-refractivity contribution in [1.29, 1.82) is 0 Å². The minimum absolute atomic E-state index is 0.330. The van der Waals surface area contributed by atoms with Gasteiger partial charge < -0.3 is 10.5 Å². The van der Waals surface area contributed by atoms with Crippen LogP contribution in [-0.2, 0) is 10.3 Å². The van der Waals surface area contributed by atoms with Crippen LogP contribution in [-0.4, -0.2) is 17.1 Å². The standard InChI is InChI=1S/C14H23N3O/c1-10-11(2)16-13(17-12(10)15)14(18-3)8-6-4-5-7-9-14/h4-9H2,1-3H3,(H2,15,16,17). The van der Waals surface area contributed by atoms with Crippen LogP contribution < -0.4 is 5.73 Å². The van der Waals surface area contributed by atoms with Crippen molar-refractivity contribution in [3.05, 3.63) is 17.1 Å². The van der Waals surface area contributed by atoms with Crippen LogP contribution in [0.15, 0.2) is 0 Å². The van der Waals surface area contributed by atoms with Gasteiger partial charge in [-0.1, -0.05) is 25.7 Å². The summed E-state index contributed by atoms with van der Waals surface area (Å²) in [6.07, 6.45) is 6.86. The highest BCUT2D eigenvalue weighted by Crippen LogP contribution is 2.37. The summed E-state index contributed by atoms with van der Waals surface area (Å²) in [7, 11) is 1.76. The fourth-order valence-corrected chi connectivity index (χ4v) is 2.67. The van der Waals surface area contributed by atoms with Crippen LogP contribution in [0.4, 0.5) is 5.82 Å². The SMILES string of the molecule is COC1(c2nc(C)c(C)c(N)n2)CCCCCC1. The minimum atomic E-state index is -0.330. The average molecular weight is 249 g/mol. The van der Waals surface area contributed by atoms with E-state index in [0.717, 1.165) is 29.9 Å². The number of hydrogen-bond donors (Lipinski definition) is 1. The van der Waals surface area contributed by atoms with Gasteiger partial charge in [0.15, 0.2) is 5.82 Å². The number of nitrogens with two attached hydrogens (primary N) is 1. The van der Waals surface area contributed by atoms with Gasteiger partial charge in [-0.15, -0.1) is 0 Å². The Hall–Kier alpha value is -1.16. The van der Waals surface area contributed by atoms with Crippen molar-refractivity contribution >= 4 is 5.82 Å². The van der Waals surface area contributed by atoms with Gasteiger partial charge in [0.1, 0.15) is 11.4 Å². The summed E-state index contributed by atoms with van der Waals surface area (Å²) in [5.74, 6) is 1.35. The van der Waals surface area contributed by atoms with E-state index in [4.69, 9.17) is 10.5 Å². The molecule has 1 fully saturated rings.